The Hall–Kier alpha value is -4.48. The molecule has 0 spiro atoms. The van der Waals surface area contributed by atoms with Crippen LogP contribution in [0.1, 0.15) is 23.3 Å². The van der Waals surface area contributed by atoms with E-state index in [2.05, 4.69) is 51.1 Å². The second kappa shape index (κ2) is 12.0. The molecule has 11 heteroatoms. The fraction of sp³-hybridized carbons (Fsp3) is 0.312. The van der Waals surface area contributed by atoms with Gasteiger partial charge in [-0.25, -0.2) is 9.97 Å². The summed E-state index contributed by atoms with van der Waals surface area (Å²) in [6, 6.07) is 15.9. The number of nitrogen functional groups attached to an aromatic ring is 1. The van der Waals surface area contributed by atoms with Gasteiger partial charge in [0.1, 0.15) is 11.6 Å². The highest BCUT2D eigenvalue weighted by Crippen LogP contribution is 2.34. The number of ketones is 1. The van der Waals surface area contributed by atoms with Crippen molar-refractivity contribution in [1.82, 2.24) is 24.4 Å². The minimum atomic E-state index is 0.0289. The van der Waals surface area contributed by atoms with Crippen LogP contribution in [-0.2, 0) is 6.54 Å². The van der Waals surface area contributed by atoms with Crippen molar-refractivity contribution in [2.45, 2.75) is 19.4 Å². The summed E-state index contributed by atoms with van der Waals surface area (Å²) >= 11 is 5.52. The van der Waals surface area contributed by atoms with E-state index in [1.54, 1.807) is 30.9 Å². The monoisotopic (exact) mass is 597 g/mol. The number of ether oxygens (including phenoxy) is 2. The largest absolute Gasteiger partial charge is 0.493 e. The highest BCUT2D eigenvalue weighted by molar-refractivity contribution is 7.71. The molecule has 1 aliphatic rings. The number of nitrogens with two attached hydrogens (primary N) is 1. The summed E-state index contributed by atoms with van der Waals surface area (Å²) in [7, 11) is 5.29. The third-order valence-electron chi connectivity index (χ3n) is 8.13. The minimum Gasteiger partial charge on any atom is -0.493 e. The fourth-order valence-corrected chi connectivity index (χ4v) is 5.86. The van der Waals surface area contributed by atoms with Crippen LogP contribution in [0.5, 0.6) is 11.5 Å². The Morgan fingerprint density at radius 3 is 2.47 bits per heavy atom. The first-order chi connectivity index (χ1) is 20.8. The number of anilines is 2. The van der Waals surface area contributed by atoms with Crippen LogP contribution in [0, 0.1) is 4.77 Å². The summed E-state index contributed by atoms with van der Waals surface area (Å²) in [6.45, 7) is 4.53. The summed E-state index contributed by atoms with van der Waals surface area (Å²) in [5.41, 5.74) is 10.7. The van der Waals surface area contributed by atoms with E-state index in [1.165, 1.54) is 0 Å². The number of H-pyrrole nitrogens is 1. The van der Waals surface area contributed by atoms with E-state index >= 15 is 0 Å². The second-order valence-corrected chi connectivity index (χ2v) is 11.2. The van der Waals surface area contributed by atoms with Crippen LogP contribution in [0.2, 0.25) is 0 Å². The van der Waals surface area contributed by atoms with Crippen molar-refractivity contribution in [2.75, 3.05) is 58.1 Å². The Labute approximate surface area is 255 Å². The number of nitrogens with zero attached hydrogens (tertiary/aromatic N) is 5. The smallest absolute Gasteiger partial charge is 0.201 e. The molecule has 10 nitrogen and oxygen atoms in total. The van der Waals surface area contributed by atoms with Crippen LogP contribution < -0.4 is 20.1 Å². The minimum absolute atomic E-state index is 0.0289. The molecule has 1 saturated heterocycles. The van der Waals surface area contributed by atoms with Gasteiger partial charge in [0.2, 0.25) is 4.77 Å². The van der Waals surface area contributed by atoms with E-state index in [0.29, 0.717) is 58.1 Å². The summed E-state index contributed by atoms with van der Waals surface area (Å²) in [6.07, 6.45) is 2.82. The number of carbonyl (C=O) groups is 1. The van der Waals surface area contributed by atoms with Crippen molar-refractivity contribution in [1.29, 1.82) is 0 Å². The third kappa shape index (κ3) is 5.78. The van der Waals surface area contributed by atoms with Crippen molar-refractivity contribution in [3.8, 4) is 22.6 Å². The molecule has 3 N–H and O–H groups in total. The zero-order chi connectivity index (χ0) is 30.1. The van der Waals surface area contributed by atoms with E-state index in [9.17, 15) is 4.79 Å². The number of pyridine rings is 1. The Balaban J connectivity index is 1.13. The summed E-state index contributed by atoms with van der Waals surface area (Å²) < 4.78 is 12.9. The number of nitrogens with one attached hydrogen (secondary N) is 1. The van der Waals surface area contributed by atoms with Crippen molar-refractivity contribution < 1.29 is 14.3 Å². The topological polar surface area (TPSA) is 115 Å². The molecule has 0 unspecified atom stereocenters. The number of piperazine rings is 1. The lowest BCUT2D eigenvalue weighted by atomic mass is 10.1. The first-order valence-corrected chi connectivity index (χ1v) is 14.7. The lowest BCUT2D eigenvalue weighted by molar-refractivity contribution is 0.0974. The summed E-state index contributed by atoms with van der Waals surface area (Å²) in [5.74, 6) is 2.63. The van der Waals surface area contributed by atoms with Gasteiger partial charge in [-0.05, 0) is 67.6 Å². The zero-order valence-corrected chi connectivity index (χ0v) is 25.4. The van der Waals surface area contributed by atoms with Gasteiger partial charge in [0.15, 0.2) is 17.3 Å². The van der Waals surface area contributed by atoms with Gasteiger partial charge in [-0.15, -0.1) is 0 Å². The average Bonchev–Trinajstić information content (AvgIpc) is 3.46. The number of aromatic nitrogens is 4. The number of hydrogen-bond acceptors (Lipinski definition) is 9. The van der Waals surface area contributed by atoms with Gasteiger partial charge < -0.3 is 34.6 Å². The molecule has 4 heterocycles. The van der Waals surface area contributed by atoms with Crippen LogP contribution >= 0.6 is 12.2 Å². The summed E-state index contributed by atoms with van der Waals surface area (Å²) in [5, 5.41) is 1.70. The van der Waals surface area contributed by atoms with Crippen LogP contribution in [0.4, 0.5) is 11.6 Å². The van der Waals surface area contributed by atoms with Gasteiger partial charge in [-0.3, -0.25) is 4.79 Å². The van der Waals surface area contributed by atoms with Gasteiger partial charge in [-0.2, -0.15) is 0 Å². The van der Waals surface area contributed by atoms with Crippen LogP contribution in [-0.4, -0.2) is 77.6 Å². The molecule has 0 amide bonds. The number of Topliss-reactive ketones (excluding diaryl/α,β-unsaturated/α-hetero) is 1. The van der Waals surface area contributed by atoms with Gasteiger partial charge >= 0.3 is 0 Å². The van der Waals surface area contributed by atoms with Crippen molar-refractivity contribution in [3.63, 3.8) is 0 Å². The number of hydrogen-bond donors (Lipinski definition) is 2. The molecule has 3 aromatic heterocycles. The van der Waals surface area contributed by atoms with Crippen molar-refractivity contribution >= 4 is 51.4 Å². The quantitative estimate of drug-likeness (QED) is 0.172. The summed E-state index contributed by atoms with van der Waals surface area (Å²) in [4.78, 5) is 30.3. The maximum absolute atomic E-state index is 13.1. The van der Waals surface area contributed by atoms with Crippen LogP contribution in [0.15, 0.2) is 54.7 Å². The number of rotatable bonds is 9. The molecular formula is C32H35N7O3S. The molecule has 1 aliphatic heterocycles. The fourth-order valence-electron chi connectivity index (χ4n) is 5.57. The predicted octanol–water partition coefficient (Wildman–Crippen LogP) is 5.32. The molecule has 2 aromatic carbocycles. The normalized spacial score (nSPS) is 14.0. The first kappa shape index (κ1) is 28.6. The second-order valence-electron chi connectivity index (χ2n) is 10.9. The molecule has 0 saturated carbocycles. The average molecular weight is 598 g/mol. The van der Waals surface area contributed by atoms with Crippen LogP contribution in [0.3, 0.4) is 0 Å². The highest BCUT2D eigenvalue weighted by Gasteiger charge is 2.17. The zero-order valence-electron chi connectivity index (χ0n) is 24.6. The lowest BCUT2D eigenvalue weighted by Gasteiger charge is -2.33. The Kier molecular flexibility index (Phi) is 8.00. The van der Waals surface area contributed by atoms with Crippen molar-refractivity contribution in [2.24, 2.45) is 0 Å². The molecule has 0 bridgehead atoms. The highest BCUT2D eigenvalue weighted by atomic mass is 32.1. The number of methoxy groups -OCH3 is 2. The number of carbonyl (C=O) groups excluding carboxylic acids is 1. The Bertz CT molecular complexity index is 1860. The van der Waals surface area contributed by atoms with Crippen molar-refractivity contribution in [3.05, 3.63) is 65.2 Å². The molecule has 6 rings (SSSR count). The van der Waals surface area contributed by atoms with E-state index in [-0.39, 0.29) is 5.78 Å². The van der Waals surface area contributed by atoms with E-state index in [4.69, 9.17) is 32.4 Å². The number of likely N-dealkylation sites (N-methyl/N-ethyl adjacent to an activating group) is 1. The number of benzene rings is 2. The predicted molar refractivity (Wildman–Crippen MR) is 173 cm³/mol. The van der Waals surface area contributed by atoms with E-state index in [0.717, 1.165) is 54.0 Å². The van der Waals surface area contributed by atoms with E-state index in [1.807, 2.05) is 18.3 Å². The lowest BCUT2D eigenvalue weighted by Crippen LogP contribution is -2.44. The van der Waals surface area contributed by atoms with E-state index < -0.39 is 0 Å². The molecule has 0 aliphatic carbocycles. The number of fused-ring (bicyclic) bond motifs is 2. The molecule has 1 fully saturated rings. The molecule has 5 aromatic rings. The van der Waals surface area contributed by atoms with Crippen LogP contribution in [0.25, 0.3) is 32.9 Å². The SMILES string of the molecule is COc1cc2nc(=S)n(CCCC(=O)c3cc4cc(-c5ccc(N6CCN(C)CC6)nc5)ccc4[nH]3)c(N)c2cc1OC. The van der Waals surface area contributed by atoms with Gasteiger partial charge in [0.05, 0.1) is 25.4 Å². The molecular weight excluding hydrogens is 562 g/mol. The third-order valence-corrected chi connectivity index (χ3v) is 8.44. The standard InChI is InChI=1S/C32H35N7O3S/c1-37-11-13-38(14-12-37)30-9-7-21(19-34-30)20-6-8-24-22(15-20)16-26(35-24)27(40)5-4-10-39-31(33)23-17-28(41-2)29(42-3)18-25(23)36-32(39)43/h6-9,15-19,35H,4-5,10-14,33H2,1-3H3. The number of aromatic amines is 1. The molecule has 0 atom stereocenters. The Morgan fingerprint density at radius 1 is 1.00 bits per heavy atom. The maximum atomic E-state index is 13.1. The molecule has 0 radical (unpaired) electrons. The Morgan fingerprint density at radius 2 is 1.74 bits per heavy atom. The first-order valence-electron chi connectivity index (χ1n) is 14.3. The maximum Gasteiger partial charge on any atom is 0.201 e. The van der Waals surface area contributed by atoms with Gasteiger partial charge in [0, 0.05) is 73.3 Å². The van der Waals surface area contributed by atoms with Gasteiger partial charge in [-0.1, -0.05) is 6.07 Å². The molecule has 222 valence electrons. The molecule has 43 heavy (non-hydrogen) atoms. The van der Waals surface area contributed by atoms with Gasteiger partial charge in [0.25, 0.3) is 0 Å².